The molecule has 3 aromatic rings. The number of halogens is 4. The number of pyridine rings is 1. The molecule has 6 heteroatoms. The number of fused-ring (bicyclic) bond motifs is 2. The van der Waals surface area contributed by atoms with Gasteiger partial charge in [0.05, 0.1) is 37.2 Å². The molecule has 25 heavy (non-hydrogen) atoms. The Morgan fingerprint density at radius 3 is 2.20 bits per heavy atom. The molecule has 2 aromatic carbocycles. The highest BCUT2D eigenvalue weighted by Crippen LogP contribution is 2.52. The van der Waals surface area contributed by atoms with Gasteiger partial charge in [-0.3, -0.25) is 9.78 Å². The summed E-state index contributed by atoms with van der Waals surface area (Å²) in [4.78, 5) is 17.6. The maximum atomic E-state index is 13.0. The number of ketones is 1. The second-order valence-corrected chi connectivity index (χ2v) is 7.27. The van der Waals surface area contributed by atoms with Crippen LogP contribution in [-0.4, -0.2) is 10.8 Å². The Labute approximate surface area is 164 Å². The lowest BCUT2D eigenvalue weighted by Crippen LogP contribution is -2.08. The number of carbonyl (C=O) groups excluding carboxylic acids is 1. The number of allylic oxidation sites excluding steroid dienone is 1. The monoisotopic (exact) mass is 407 g/mol. The highest BCUT2D eigenvalue weighted by molar-refractivity contribution is 6.54. The molecule has 0 saturated heterocycles. The molecule has 1 heterocycles. The summed E-state index contributed by atoms with van der Waals surface area (Å²) < 4.78 is 0. The fourth-order valence-electron chi connectivity index (χ4n) is 3.17. The first kappa shape index (κ1) is 16.9. The van der Waals surface area contributed by atoms with Gasteiger partial charge in [0.25, 0.3) is 0 Å². The van der Waals surface area contributed by atoms with Crippen LogP contribution >= 0.6 is 46.4 Å². The number of hydrogen-bond acceptors (Lipinski definition) is 2. The molecule has 124 valence electrons. The van der Waals surface area contributed by atoms with Crippen molar-refractivity contribution in [3.05, 3.63) is 79.9 Å². The Kier molecular flexibility index (Phi) is 4.04. The lowest BCUT2D eigenvalue weighted by atomic mass is 9.96. The molecule has 1 aliphatic carbocycles. The van der Waals surface area contributed by atoms with E-state index in [0.29, 0.717) is 16.8 Å². The molecular formula is C19H9Cl4NO. The van der Waals surface area contributed by atoms with Crippen LogP contribution in [0.4, 0.5) is 0 Å². The normalized spacial score (nSPS) is 16.6. The minimum absolute atomic E-state index is 0.0698. The summed E-state index contributed by atoms with van der Waals surface area (Å²) in [6, 6.07) is 11.4. The fraction of sp³-hybridized carbons (Fsp3) is 0.0526. The van der Waals surface area contributed by atoms with Gasteiger partial charge in [-0.15, -0.1) is 0 Å². The zero-order valence-corrected chi connectivity index (χ0v) is 15.6. The van der Waals surface area contributed by atoms with Crippen LogP contribution in [0.1, 0.15) is 27.5 Å². The molecule has 1 atom stereocenters. The molecule has 0 N–H and O–H groups in total. The van der Waals surface area contributed by atoms with E-state index in [0.717, 1.165) is 10.9 Å². The molecule has 0 aliphatic heterocycles. The maximum absolute atomic E-state index is 13.0. The average Bonchev–Trinajstić information content (AvgIpc) is 2.88. The van der Waals surface area contributed by atoms with Gasteiger partial charge in [-0.2, -0.15) is 0 Å². The lowest BCUT2D eigenvalue weighted by Gasteiger charge is -2.11. The predicted octanol–water partition coefficient (Wildman–Crippen LogP) is 6.84. The topological polar surface area (TPSA) is 30.0 Å². The molecular weight excluding hydrogens is 400 g/mol. The van der Waals surface area contributed by atoms with Gasteiger partial charge in [0.2, 0.25) is 0 Å². The Morgan fingerprint density at radius 1 is 0.840 bits per heavy atom. The quantitative estimate of drug-likeness (QED) is 0.325. The molecule has 1 aromatic heterocycles. The van der Waals surface area contributed by atoms with E-state index in [4.69, 9.17) is 46.4 Å². The van der Waals surface area contributed by atoms with E-state index < -0.39 is 5.92 Å². The zero-order chi connectivity index (χ0) is 17.9. The van der Waals surface area contributed by atoms with Crippen molar-refractivity contribution in [1.29, 1.82) is 0 Å². The minimum atomic E-state index is -0.663. The van der Waals surface area contributed by atoms with Crippen LogP contribution in [0.25, 0.3) is 16.5 Å². The van der Waals surface area contributed by atoms with Crippen LogP contribution in [0.3, 0.4) is 0 Å². The molecule has 0 amide bonds. The van der Waals surface area contributed by atoms with E-state index in [1.54, 1.807) is 0 Å². The van der Waals surface area contributed by atoms with E-state index >= 15 is 0 Å². The molecule has 1 aliphatic rings. The van der Waals surface area contributed by atoms with Crippen LogP contribution < -0.4 is 0 Å². The smallest absolute Gasteiger partial charge is 0.178 e. The lowest BCUT2D eigenvalue weighted by molar-refractivity contribution is 0.0985. The van der Waals surface area contributed by atoms with E-state index in [2.05, 4.69) is 11.6 Å². The summed E-state index contributed by atoms with van der Waals surface area (Å²) in [7, 11) is 0. The highest BCUT2D eigenvalue weighted by atomic mass is 35.5. The van der Waals surface area contributed by atoms with E-state index in [1.165, 1.54) is 0 Å². The number of nitrogens with zero attached hydrogens (tertiary/aromatic N) is 1. The maximum Gasteiger partial charge on any atom is 0.178 e. The third-order valence-corrected chi connectivity index (χ3v) is 6.16. The number of hydrogen-bond donors (Lipinski definition) is 0. The van der Waals surface area contributed by atoms with Crippen LogP contribution in [0.15, 0.2) is 43.0 Å². The molecule has 0 fully saturated rings. The SMILES string of the molecule is C=C1c2c(Cl)c(Cl)c(Cl)c(Cl)c2C(=O)C1c1ccc2ccccc2n1. The number of benzene rings is 2. The molecule has 0 spiro atoms. The van der Waals surface area contributed by atoms with Crippen LogP contribution in [0, 0.1) is 0 Å². The van der Waals surface area contributed by atoms with Crippen molar-refractivity contribution in [3.63, 3.8) is 0 Å². The van der Waals surface area contributed by atoms with Crippen molar-refractivity contribution >= 4 is 68.7 Å². The van der Waals surface area contributed by atoms with Gasteiger partial charge in [0.15, 0.2) is 5.78 Å². The average molecular weight is 409 g/mol. The van der Waals surface area contributed by atoms with Crippen LogP contribution in [0.2, 0.25) is 20.1 Å². The second-order valence-electron chi connectivity index (χ2n) is 5.76. The number of Topliss-reactive ketones (excluding diaryl/α,β-unsaturated/α-hetero) is 1. The second kappa shape index (κ2) is 6.00. The van der Waals surface area contributed by atoms with Gasteiger partial charge in [0.1, 0.15) is 0 Å². The molecule has 4 rings (SSSR count). The van der Waals surface area contributed by atoms with Gasteiger partial charge in [-0.25, -0.2) is 0 Å². The molecule has 0 saturated carbocycles. The van der Waals surface area contributed by atoms with Crippen molar-refractivity contribution in [2.24, 2.45) is 0 Å². The zero-order valence-electron chi connectivity index (χ0n) is 12.6. The third-order valence-electron chi connectivity index (χ3n) is 4.36. The Balaban J connectivity index is 1.93. The first-order valence-electron chi connectivity index (χ1n) is 7.36. The number of rotatable bonds is 1. The van der Waals surface area contributed by atoms with Crippen molar-refractivity contribution in [1.82, 2.24) is 4.98 Å². The van der Waals surface area contributed by atoms with Crippen molar-refractivity contribution in [2.45, 2.75) is 5.92 Å². The standard InChI is InChI=1S/C19H9Cl4NO/c1-8-12(11-7-6-9-4-2-3-5-10(9)24-11)19(25)14-13(8)15(20)17(22)18(23)16(14)21/h2-7,12H,1H2. The predicted molar refractivity (Wildman–Crippen MR) is 104 cm³/mol. The summed E-state index contributed by atoms with van der Waals surface area (Å²) in [5.41, 5.74) is 2.61. The molecule has 1 unspecified atom stereocenters. The Morgan fingerprint density at radius 2 is 1.48 bits per heavy atom. The van der Waals surface area contributed by atoms with Crippen molar-refractivity contribution < 1.29 is 4.79 Å². The number of para-hydroxylation sites is 1. The largest absolute Gasteiger partial charge is 0.293 e. The Bertz CT molecular complexity index is 1040. The Hall–Kier alpha value is -1.58. The summed E-state index contributed by atoms with van der Waals surface area (Å²) in [5, 5.41) is 1.46. The molecule has 0 bridgehead atoms. The first-order valence-corrected chi connectivity index (χ1v) is 8.88. The summed E-state index contributed by atoms with van der Waals surface area (Å²) >= 11 is 24.8. The minimum Gasteiger partial charge on any atom is -0.293 e. The van der Waals surface area contributed by atoms with E-state index in [-0.39, 0.29) is 31.4 Å². The summed E-state index contributed by atoms with van der Waals surface area (Å²) in [6.45, 7) is 4.05. The van der Waals surface area contributed by atoms with Crippen LogP contribution in [0.5, 0.6) is 0 Å². The van der Waals surface area contributed by atoms with Crippen LogP contribution in [-0.2, 0) is 0 Å². The van der Waals surface area contributed by atoms with E-state index in [1.807, 2.05) is 36.4 Å². The van der Waals surface area contributed by atoms with Crippen molar-refractivity contribution in [3.8, 4) is 0 Å². The van der Waals surface area contributed by atoms with Gasteiger partial charge in [0, 0.05) is 16.5 Å². The summed E-state index contributed by atoms with van der Waals surface area (Å²) in [5.74, 6) is -0.891. The fourth-order valence-corrected chi connectivity index (χ4v) is 4.23. The van der Waals surface area contributed by atoms with Crippen molar-refractivity contribution in [2.75, 3.05) is 0 Å². The van der Waals surface area contributed by atoms with Gasteiger partial charge in [-0.1, -0.05) is 77.2 Å². The van der Waals surface area contributed by atoms with Gasteiger partial charge < -0.3 is 0 Å². The van der Waals surface area contributed by atoms with Gasteiger partial charge >= 0.3 is 0 Å². The number of carbonyl (C=O) groups is 1. The van der Waals surface area contributed by atoms with E-state index in [9.17, 15) is 4.79 Å². The number of aromatic nitrogens is 1. The molecule has 2 nitrogen and oxygen atoms in total. The summed E-state index contributed by atoms with van der Waals surface area (Å²) in [6.07, 6.45) is 0. The van der Waals surface area contributed by atoms with Gasteiger partial charge in [-0.05, 0) is 17.7 Å². The third kappa shape index (κ3) is 2.40. The molecule has 0 radical (unpaired) electrons. The highest BCUT2D eigenvalue weighted by Gasteiger charge is 2.41. The first-order chi connectivity index (χ1) is 11.9.